The molecule has 26 heavy (non-hydrogen) atoms. The zero-order valence-electron chi connectivity index (χ0n) is 16.4. The molecule has 136 valence electrons. The van der Waals surface area contributed by atoms with Gasteiger partial charge in [0.25, 0.3) is 0 Å². The Hall–Kier alpha value is -2.41. The zero-order valence-corrected chi connectivity index (χ0v) is 16.4. The lowest BCUT2D eigenvalue weighted by molar-refractivity contribution is 0.688. The van der Waals surface area contributed by atoms with E-state index in [1.54, 1.807) is 0 Å². The molecule has 0 bridgehead atoms. The number of allylic oxidation sites excluding steroid dienone is 4. The molecule has 2 aromatic rings. The highest BCUT2D eigenvalue weighted by Gasteiger charge is 1.98. The summed E-state index contributed by atoms with van der Waals surface area (Å²) in [5.41, 5.74) is 6.51. The van der Waals surface area contributed by atoms with Crippen LogP contribution in [0.25, 0.3) is 11.1 Å². The van der Waals surface area contributed by atoms with Gasteiger partial charge in [0.15, 0.2) is 0 Å². The first kappa shape index (κ1) is 19.9. The maximum Gasteiger partial charge on any atom is 0.0389 e. The molecule has 0 aliphatic rings. The van der Waals surface area contributed by atoms with Crippen LogP contribution < -0.4 is 0 Å². The molecule has 0 amide bonds. The maximum absolute atomic E-state index is 4.53. The quantitative estimate of drug-likeness (QED) is 0.262. The lowest BCUT2D eigenvalue weighted by Gasteiger charge is -2.04. The van der Waals surface area contributed by atoms with Crippen LogP contribution in [-0.2, 0) is 6.42 Å². The lowest BCUT2D eigenvalue weighted by atomic mass is 10.0. The van der Waals surface area contributed by atoms with Crippen LogP contribution in [0.15, 0.2) is 82.9 Å². The third-order valence-corrected chi connectivity index (χ3v) is 4.52. The van der Waals surface area contributed by atoms with Gasteiger partial charge in [-0.05, 0) is 62.3 Å². The van der Waals surface area contributed by atoms with E-state index in [1.807, 2.05) is 6.21 Å². The molecule has 0 aliphatic heterocycles. The van der Waals surface area contributed by atoms with Crippen LogP contribution in [0, 0.1) is 0 Å². The van der Waals surface area contributed by atoms with Gasteiger partial charge in [-0.25, -0.2) is 0 Å². The van der Waals surface area contributed by atoms with Crippen molar-refractivity contribution in [2.24, 2.45) is 4.99 Å². The van der Waals surface area contributed by atoms with Gasteiger partial charge in [0.1, 0.15) is 0 Å². The molecule has 0 aromatic heterocycles. The number of benzene rings is 2. The van der Waals surface area contributed by atoms with Crippen LogP contribution in [0.5, 0.6) is 0 Å². The van der Waals surface area contributed by atoms with Gasteiger partial charge in [-0.1, -0.05) is 78.7 Å². The molecule has 0 radical (unpaired) electrons. The first-order valence-electron chi connectivity index (χ1n) is 9.64. The van der Waals surface area contributed by atoms with Gasteiger partial charge in [-0.15, -0.1) is 0 Å². The summed E-state index contributed by atoms with van der Waals surface area (Å²) in [4.78, 5) is 4.53. The number of unbranched alkanes of at least 4 members (excludes halogenated alkanes) is 2. The summed E-state index contributed by atoms with van der Waals surface area (Å²) < 4.78 is 0. The molecule has 1 nitrogen and oxygen atoms in total. The number of hydrogen-bond donors (Lipinski definition) is 0. The van der Waals surface area contributed by atoms with Crippen molar-refractivity contribution >= 4 is 6.21 Å². The highest BCUT2D eigenvalue weighted by atomic mass is 14.7. The minimum Gasteiger partial charge on any atom is -0.293 e. The molecule has 0 N–H and O–H groups in total. The summed E-state index contributed by atoms with van der Waals surface area (Å²) in [6, 6.07) is 19.5. The van der Waals surface area contributed by atoms with Crippen LogP contribution in [0.1, 0.15) is 45.6 Å². The molecule has 1 heteroatoms. The van der Waals surface area contributed by atoms with E-state index >= 15 is 0 Å². The van der Waals surface area contributed by atoms with E-state index in [0.29, 0.717) is 0 Å². The molecule has 0 unspecified atom stereocenters. The second kappa shape index (κ2) is 11.3. The van der Waals surface area contributed by atoms with Crippen molar-refractivity contribution in [3.8, 4) is 11.1 Å². The summed E-state index contributed by atoms with van der Waals surface area (Å²) >= 11 is 0. The predicted molar refractivity (Wildman–Crippen MR) is 116 cm³/mol. The summed E-state index contributed by atoms with van der Waals surface area (Å²) in [5.74, 6) is 0. The average molecular weight is 346 g/mol. The van der Waals surface area contributed by atoms with Crippen molar-refractivity contribution in [1.29, 1.82) is 0 Å². The molecule has 2 rings (SSSR count). The zero-order chi connectivity index (χ0) is 18.6. The molecule has 0 fully saturated rings. The van der Waals surface area contributed by atoms with Crippen LogP contribution in [0.2, 0.25) is 0 Å². The maximum atomic E-state index is 4.53. The van der Waals surface area contributed by atoms with E-state index in [4.69, 9.17) is 0 Å². The third-order valence-electron chi connectivity index (χ3n) is 4.52. The van der Waals surface area contributed by atoms with E-state index in [2.05, 4.69) is 92.5 Å². The topological polar surface area (TPSA) is 12.4 Å². The van der Waals surface area contributed by atoms with Gasteiger partial charge in [-0.3, -0.25) is 4.99 Å². The highest BCUT2D eigenvalue weighted by molar-refractivity contribution is 5.78. The smallest absolute Gasteiger partial charge is 0.0389 e. The average Bonchev–Trinajstić information content (AvgIpc) is 2.68. The van der Waals surface area contributed by atoms with Gasteiger partial charge >= 0.3 is 0 Å². The standard InChI is InChI=1S/C25H31N/c1-4-21(2)19-22(3)20-26-18-10-6-7-11-23-14-16-25(17-15-23)24-12-8-5-9-13-24/h4-5,8-9,12-17,19-20H,6-7,10-11,18H2,1-3H3/b21-4-,22-19-,26-20+. The fourth-order valence-electron chi connectivity index (χ4n) is 2.89. The number of aryl methyl sites for hydroxylation is 1. The van der Waals surface area contributed by atoms with Crippen molar-refractivity contribution in [2.45, 2.75) is 46.5 Å². The third kappa shape index (κ3) is 7.23. The Bertz CT molecular complexity index is 733. The first-order chi connectivity index (χ1) is 12.7. The summed E-state index contributed by atoms with van der Waals surface area (Å²) in [7, 11) is 0. The molecule has 0 saturated heterocycles. The van der Waals surface area contributed by atoms with Crippen LogP contribution in [-0.4, -0.2) is 12.8 Å². The first-order valence-corrected chi connectivity index (χ1v) is 9.64. The highest BCUT2D eigenvalue weighted by Crippen LogP contribution is 2.20. The minimum atomic E-state index is 0.924. The van der Waals surface area contributed by atoms with Crippen LogP contribution in [0.4, 0.5) is 0 Å². The van der Waals surface area contributed by atoms with Gasteiger partial charge in [-0.2, -0.15) is 0 Å². The van der Waals surface area contributed by atoms with Gasteiger partial charge in [0.05, 0.1) is 0 Å². The largest absolute Gasteiger partial charge is 0.293 e. The predicted octanol–water partition coefficient (Wildman–Crippen LogP) is 7.05. The lowest BCUT2D eigenvalue weighted by Crippen LogP contribution is -1.89. The second-order valence-corrected chi connectivity index (χ2v) is 6.83. The van der Waals surface area contributed by atoms with E-state index in [1.165, 1.54) is 40.7 Å². The Morgan fingerprint density at radius 2 is 1.50 bits per heavy atom. The monoisotopic (exact) mass is 345 g/mol. The number of aliphatic imine (C=N–C) groups is 1. The van der Waals surface area contributed by atoms with Crippen LogP contribution >= 0.6 is 0 Å². The summed E-state index contributed by atoms with van der Waals surface area (Å²) in [6.07, 6.45) is 11.1. The van der Waals surface area contributed by atoms with Crippen molar-refractivity contribution in [3.63, 3.8) is 0 Å². The Balaban J connectivity index is 1.66. The van der Waals surface area contributed by atoms with E-state index in [0.717, 1.165) is 19.4 Å². The molecule has 0 aliphatic carbocycles. The molecule has 0 spiro atoms. The van der Waals surface area contributed by atoms with E-state index < -0.39 is 0 Å². The Kier molecular flexibility index (Phi) is 8.62. The minimum absolute atomic E-state index is 0.924. The van der Waals surface area contributed by atoms with Gasteiger partial charge in [0.2, 0.25) is 0 Å². The van der Waals surface area contributed by atoms with E-state index in [9.17, 15) is 0 Å². The van der Waals surface area contributed by atoms with Crippen molar-refractivity contribution in [1.82, 2.24) is 0 Å². The van der Waals surface area contributed by atoms with Crippen molar-refractivity contribution < 1.29 is 0 Å². The Morgan fingerprint density at radius 3 is 2.19 bits per heavy atom. The molecular formula is C25H31N. The van der Waals surface area contributed by atoms with Gasteiger partial charge < -0.3 is 0 Å². The number of hydrogen-bond acceptors (Lipinski definition) is 1. The molecule has 0 heterocycles. The Labute approximate surface area is 159 Å². The molecule has 2 aromatic carbocycles. The number of nitrogens with zero attached hydrogens (tertiary/aromatic N) is 1. The normalized spacial score (nSPS) is 12.7. The van der Waals surface area contributed by atoms with Crippen molar-refractivity contribution in [3.05, 3.63) is 83.5 Å². The second-order valence-electron chi connectivity index (χ2n) is 6.83. The van der Waals surface area contributed by atoms with Crippen molar-refractivity contribution in [2.75, 3.05) is 6.54 Å². The summed E-state index contributed by atoms with van der Waals surface area (Å²) in [6.45, 7) is 7.21. The summed E-state index contributed by atoms with van der Waals surface area (Å²) in [5, 5.41) is 0. The molecule has 0 saturated carbocycles. The molecule has 0 atom stereocenters. The van der Waals surface area contributed by atoms with Gasteiger partial charge in [0, 0.05) is 12.8 Å². The molecular weight excluding hydrogens is 314 g/mol. The SMILES string of the molecule is C\C=C(C)/C=C(C)\C=N\CCCCCc1ccc(-c2ccccc2)cc1. The number of rotatable bonds is 9. The van der Waals surface area contributed by atoms with Crippen LogP contribution in [0.3, 0.4) is 0 Å². The van der Waals surface area contributed by atoms with E-state index in [-0.39, 0.29) is 0 Å². The fourth-order valence-corrected chi connectivity index (χ4v) is 2.89. The Morgan fingerprint density at radius 1 is 0.808 bits per heavy atom. The fraction of sp³-hybridized carbons (Fsp3) is 0.320.